The molecular formula is C12H15BrFN. The predicted octanol–water partition coefficient (Wildman–Crippen LogP) is 3.60. The van der Waals surface area contributed by atoms with Gasteiger partial charge in [0, 0.05) is 16.6 Å². The summed E-state index contributed by atoms with van der Waals surface area (Å²) in [6.07, 6.45) is 2.83. The van der Waals surface area contributed by atoms with Crippen LogP contribution in [0.5, 0.6) is 0 Å². The Hall–Kier alpha value is -0.670. The first kappa shape index (κ1) is 12.4. The highest BCUT2D eigenvalue weighted by Gasteiger charge is 2.01. The van der Waals surface area contributed by atoms with Gasteiger partial charge in [-0.3, -0.25) is 0 Å². The Labute approximate surface area is 98.5 Å². The Kier molecular flexibility index (Phi) is 4.99. The van der Waals surface area contributed by atoms with E-state index in [2.05, 4.69) is 28.2 Å². The lowest BCUT2D eigenvalue weighted by molar-refractivity contribution is 0.624. The maximum atomic E-state index is 13.5. The fraction of sp³-hybridized carbons (Fsp3) is 0.333. The van der Waals surface area contributed by atoms with Crippen LogP contribution >= 0.6 is 15.9 Å². The van der Waals surface area contributed by atoms with Gasteiger partial charge in [0.15, 0.2) is 0 Å². The summed E-state index contributed by atoms with van der Waals surface area (Å²) < 4.78 is 14.3. The van der Waals surface area contributed by atoms with Crippen molar-refractivity contribution in [2.24, 2.45) is 0 Å². The second-order valence-electron chi connectivity index (χ2n) is 3.35. The van der Waals surface area contributed by atoms with Crippen LogP contribution in [-0.4, -0.2) is 13.6 Å². The van der Waals surface area contributed by atoms with E-state index in [-0.39, 0.29) is 5.82 Å². The highest BCUT2D eigenvalue weighted by Crippen LogP contribution is 2.18. The van der Waals surface area contributed by atoms with Crippen molar-refractivity contribution in [3.05, 3.63) is 39.6 Å². The summed E-state index contributed by atoms with van der Waals surface area (Å²) >= 11 is 3.24. The third kappa shape index (κ3) is 3.76. The van der Waals surface area contributed by atoms with Gasteiger partial charge in [0.2, 0.25) is 0 Å². The van der Waals surface area contributed by atoms with E-state index >= 15 is 0 Å². The van der Waals surface area contributed by atoms with Crippen LogP contribution in [0.4, 0.5) is 4.39 Å². The van der Waals surface area contributed by atoms with Gasteiger partial charge in [-0.25, -0.2) is 4.39 Å². The molecule has 15 heavy (non-hydrogen) atoms. The van der Waals surface area contributed by atoms with E-state index in [9.17, 15) is 4.39 Å². The number of likely N-dealkylation sites (N-methyl/N-ethyl adjacent to an activating group) is 1. The average Bonchev–Trinajstić information content (AvgIpc) is 2.21. The number of rotatable bonds is 4. The summed E-state index contributed by atoms with van der Waals surface area (Å²) in [7, 11) is 1.89. The molecule has 3 heteroatoms. The normalized spacial score (nSPS) is 11.9. The fourth-order valence-electron chi connectivity index (χ4n) is 1.34. The van der Waals surface area contributed by atoms with Crippen LogP contribution < -0.4 is 5.32 Å². The zero-order valence-corrected chi connectivity index (χ0v) is 10.6. The first-order chi connectivity index (χ1) is 7.17. The van der Waals surface area contributed by atoms with Crippen LogP contribution in [0, 0.1) is 5.82 Å². The molecule has 1 aromatic carbocycles. The van der Waals surface area contributed by atoms with Crippen molar-refractivity contribution in [1.29, 1.82) is 0 Å². The molecule has 0 aliphatic rings. The lowest BCUT2D eigenvalue weighted by atomic mass is 10.1. The molecule has 0 aromatic heterocycles. The van der Waals surface area contributed by atoms with Crippen molar-refractivity contribution in [3.8, 4) is 0 Å². The van der Waals surface area contributed by atoms with Crippen LogP contribution in [0.1, 0.15) is 18.9 Å². The van der Waals surface area contributed by atoms with Crippen molar-refractivity contribution in [2.75, 3.05) is 13.6 Å². The first-order valence-corrected chi connectivity index (χ1v) is 5.75. The zero-order chi connectivity index (χ0) is 11.3. The quantitative estimate of drug-likeness (QED) is 0.883. The molecule has 0 atom stereocenters. The van der Waals surface area contributed by atoms with Crippen LogP contribution in [0.15, 0.2) is 28.2 Å². The third-order valence-corrected chi connectivity index (χ3v) is 2.67. The SMILES string of the molecule is CCC(=Cc1ccc(Br)cc1F)CNC. The number of halogens is 2. The number of nitrogens with one attached hydrogen (secondary N) is 1. The molecule has 0 unspecified atom stereocenters. The Morgan fingerprint density at radius 1 is 1.53 bits per heavy atom. The predicted molar refractivity (Wildman–Crippen MR) is 66.3 cm³/mol. The van der Waals surface area contributed by atoms with Crippen molar-refractivity contribution < 1.29 is 4.39 Å². The first-order valence-electron chi connectivity index (χ1n) is 4.96. The van der Waals surface area contributed by atoms with E-state index in [0.29, 0.717) is 5.56 Å². The molecule has 0 bridgehead atoms. The molecule has 1 rings (SSSR count). The van der Waals surface area contributed by atoms with Crippen LogP contribution in [0.25, 0.3) is 6.08 Å². The topological polar surface area (TPSA) is 12.0 Å². The molecule has 1 N–H and O–H groups in total. The molecule has 0 saturated carbocycles. The monoisotopic (exact) mass is 271 g/mol. The molecule has 0 aliphatic carbocycles. The van der Waals surface area contributed by atoms with Gasteiger partial charge >= 0.3 is 0 Å². The van der Waals surface area contributed by atoms with Gasteiger partial charge in [-0.15, -0.1) is 0 Å². The standard InChI is InChI=1S/C12H15BrFN/c1-3-9(8-15-2)6-10-4-5-11(13)7-12(10)14/h4-7,15H,3,8H2,1-2H3. The molecular weight excluding hydrogens is 257 g/mol. The van der Waals surface area contributed by atoms with Gasteiger partial charge in [0.1, 0.15) is 5.82 Å². The lowest BCUT2D eigenvalue weighted by Crippen LogP contribution is -2.09. The molecule has 0 heterocycles. The maximum Gasteiger partial charge on any atom is 0.131 e. The summed E-state index contributed by atoms with van der Waals surface area (Å²) in [6, 6.07) is 5.12. The minimum absolute atomic E-state index is 0.188. The molecule has 1 nitrogen and oxygen atoms in total. The Morgan fingerprint density at radius 2 is 2.27 bits per heavy atom. The molecule has 82 valence electrons. The van der Waals surface area contributed by atoms with E-state index in [1.165, 1.54) is 11.6 Å². The van der Waals surface area contributed by atoms with Crippen molar-refractivity contribution in [2.45, 2.75) is 13.3 Å². The van der Waals surface area contributed by atoms with Gasteiger partial charge in [0.05, 0.1) is 0 Å². The second kappa shape index (κ2) is 6.03. The Bertz CT molecular complexity index is 361. The number of benzene rings is 1. The maximum absolute atomic E-state index is 13.5. The van der Waals surface area contributed by atoms with Crippen LogP contribution in [0.3, 0.4) is 0 Å². The molecule has 0 amide bonds. The van der Waals surface area contributed by atoms with E-state index in [1.54, 1.807) is 6.07 Å². The molecule has 0 spiro atoms. The van der Waals surface area contributed by atoms with E-state index in [4.69, 9.17) is 0 Å². The molecule has 0 fully saturated rings. The van der Waals surface area contributed by atoms with Crippen molar-refractivity contribution in [1.82, 2.24) is 5.32 Å². The number of hydrogen-bond acceptors (Lipinski definition) is 1. The molecule has 0 aliphatic heterocycles. The van der Waals surface area contributed by atoms with Gasteiger partial charge in [-0.05, 0) is 25.6 Å². The largest absolute Gasteiger partial charge is 0.316 e. The van der Waals surface area contributed by atoms with Crippen LogP contribution in [-0.2, 0) is 0 Å². The van der Waals surface area contributed by atoms with Gasteiger partial charge in [-0.2, -0.15) is 0 Å². The summed E-state index contributed by atoms with van der Waals surface area (Å²) in [6.45, 7) is 2.87. The smallest absolute Gasteiger partial charge is 0.131 e. The average molecular weight is 272 g/mol. The van der Waals surface area contributed by atoms with E-state index in [0.717, 1.165) is 17.4 Å². The Balaban J connectivity index is 2.95. The zero-order valence-electron chi connectivity index (χ0n) is 8.98. The second-order valence-corrected chi connectivity index (χ2v) is 4.27. The Morgan fingerprint density at radius 3 is 2.80 bits per heavy atom. The molecule has 0 radical (unpaired) electrons. The summed E-state index contributed by atoms with van der Waals surface area (Å²) in [5.41, 5.74) is 1.84. The van der Waals surface area contributed by atoms with Crippen molar-refractivity contribution in [3.63, 3.8) is 0 Å². The minimum Gasteiger partial charge on any atom is -0.316 e. The fourth-order valence-corrected chi connectivity index (χ4v) is 1.68. The van der Waals surface area contributed by atoms with Gasteiger partial charge < -0.3 is 5.32 Å². The highest BCUT2D eigenvalue weighted by molar-refractivity contribution is 9.10. The molecule has 1 aromatic rings. The third-order valence-electron chi connectivity index (χ3n) is 2.18. The highest BCUT2D eigenvalue weighted by atomic mass is 79.9. The minimum atomic E-state index is -0.188. The van der Waals surface area contributed by atoms with Crippen molar-refractivity contribution >= 4 is 22.0 Å². The van der Waals surface area contributed by atoms with Gasteiger partial charge in [-0.1, -0.05) is 40.6 Å². The summed E-state index contributed by atoms with van der Waals surface area (Å²) in [4.78, 5) is 0. The molecule has 0 saturated heterocycles. The van der Waals surface area contributed by atoms with E-state index < -0.39 is 0 Å². The lowest BCUT2D eigenvalue weighted by Gasteiger charge is -2.04. The van der Waals surface area contributed by atoms with Gasteiger partial charge in [0.25, 0.3) is 0 Å². The summed E-state index contributed by atoms with van der Waals surface area (Å²) in [5, 5.41) is 3.07. The summed E-state index contributed by atoms with van der Waals surface area (Å²) in [5.74, 6) is -0.188. The van der Waals surface area contributed by atoms with Crippen LogP contribution in [0.2, 0.25) is 0 Å². The number of hydrogen-bond donors (Lipinski definition) is 1. The van der Waals surface area contributed by atoms with E-state index in [1.807, 2.05) is 19.2 Å².